The molecule has 0 aromatic heterocycles. The molecular formula is C34H66N2O7. The first-order valence-corrected chi connectivity index (χ1v) is 17.5. The van der Waals surface area contributed by atoms with Gasteiger partial charge in [-0.05, 0) is 45.2 Å². The van der Waals surface area contributed by atoms with Gasteiger partial charge in [0.05, 0.1) is 0 Å². The minimum Gasteiger partial charge on any atom is -0.481 e. The Morgan fingerprint density at radius 3 is 1.67 bits per heavy atom. The Kier molecular flexibility index (Phi) is 28.9. The lowest BCUT2D eigenvalue weighted by Crippen LogP contribution is -2.39. The first-order valence-electron chi connectivity index (χ1n) is 17.5. The van der Waals surface area contributed by atoms with Gasteiger partial charge in [-0.2, -0.15) is 0 Å². The van der Waals surface area contributed by atoms with Gasteiger partial charge in [0.25, 0.3) is 0 Å². The van der Waals surface area contributed by atoms with E-state index in [2.05, 4.69) is 37.5 Å². The number of nitrogens with zero attached hydrogens (tertiary/aromatic N) is 2. The first-order chi connectivity index (χ1) is 20.9. The van der Waals surface area contributed by atoms with E-state index in [4.69, 9.17) is 19.3 Å². The average molecular weight is 615 g/mol. The third-order valence-corrected chi connectivity index (χ3v) is 7.97. The molecule has 0 fully saturated rings. The Labute approximate surface area is 263 Å². The molecule has 0 saturated heterocycles. The zero-order valence-corrected chi connectivity index (χ0v) is 28.3. The minimum absolute atomic E-state index is 0.0646. The van der Waals surface area contributed by atoms with Gasteiger partial charge in [-0.25, -0.2) is 4.79 Å². The number of hydrogen-bond donors (Lipinski definition) is 1. The first kappa shape index (κ1) is 41.1. The van der Waals surface area contributed by atoms with Crippen molar-refractivity contribution in [2.45, 2.75) is 149 Å². The molecule has 0 amide bonds. The van der Waals surface area contributed by atoms with Crippen LogP contribution in [0.5, 0.6) is 0 Å². The maximum Gasteiger partial charge on any atom is 0.508 e. The number of esters is 1. The van der Waals surface area contributed by atoms with Crippen LogP contribution in [-0.2, 0) is 23.8 Å². The van der Waals surface area contributed by atoms with Gasteiger partial charge < -0.3 is 24.2 Å². The molecule has 9 nitrogen and oxygen atoms in total. The van der Waals surface area contributed by atoms with E-state index in [1.807, 2.05) is 0 Å². The zero-order valence-electron chi connectivity index (χ0n) is 28.3. The number of rotatable bonds is 31. The van der Waals surface area contributed by atoms with Crippen LogP contribution >= 0.6 is 0 Å². The Balaban J connectivity index is 4.50. The molecule has 0 aliphatic heterocycles. The molecule has 1 atom stereocenters. The third-order valence-electron chi connectivity index (χ3n) is 7.97. The molecule has 254 valence electrons. The highest BCUT2D eigenvalue weighted by Crippen LogP contribution is 2.15. The molecule has 43 heavy (non-hydrogen) atoms. The number of carboxylic acids is 1. The largest absolute Gasteiger partial charge is 0.508 e. The van der Waals surface area contributed by atoms with Crippen LogP contribution in [0.15, 0.2) is 0 Å². The van der Waals surface area contributed by atoms with E-state index >= 15 is 0 Å². The molecule has 1 N–H and O–H groups in total. The van der Waals surface area contributed by atoms with Gasteiger partial charge in [-0.3, -0.25) is 14.5 Å². The Hall–Kier alpha value is -1.87. The van der Waals surface area contributed by atoms with Crippen molar-refractivity contribution in [2.75, 3.05) is 52.5 Å². The summed E-state index contributed by atoms with van der Waals surface area (Å²) in [7, 11) is 0. The monoisotopic (exact) mass is 614 g/mol. The predicted octanol–water partition coefficient (Wildman–Crippen LogP) is 7.84. The van der Waals surface area contributed by atoms with Gasteiger partial charge in [0.2, 0.25) is 0 Å². The van der Waals surface area contributed by atoms with Gasteiger partial charge in [-0.1, -0.05) is 98.3 Å². The van der Waals surface area contributed by atoms with Gasteiger partial charge in [0.1, 0.15) is 19.3 Å². The van der Waals surface area contributed by atoms with Crippen molar-refractivity contribution in [3.8, 4) is 0 Å². The Bertz CT molecular complexity index is 673. The standard InChI is InChI=1S/C34H66N2O7/c1-5-9-11-13-14-15-16-17-19-24-33(39)41-29-27-36(26-25-35(7-3)8-4)28-30-42-34(40)43-31(21-18-12-10-6-2)22-20-23-32(37)38/h31H,5-30H2,1-4H3,(H,37,38). The second-order valence-electron chi connectivity index (χ2n) is 11.6. The van der Waals surface area contributed by atoms with Gasteiger partial charge in [0, 0.05) is 39.0 Å². The number of likely N-dealkylation sites (N-methyl/N-ethyl adjacent to an activating group) is 1. The number of carboxylic acid groups (broad SMARTS) is 1. The number of unbranched alkanes of at least 4 members (excludes halogenated alkanes) is 11. The van der Waals surface area contributed by atoms with E-state index in [0.717, 1.165) is 71.1 Å². The van der Waals surface area contributed by atoms with Gasteiger partial charge in [-0.15, -0.1) is 0 Å². The second kappa shape index (κ2) is 30.2. The number of carbonyl (C=O) groups is 3. The molecule has 9 heteroatoms. The van der Waals surface area contributed by atoms with Crippen LogP contribution in [0, 0.1) is 0 Å². The quantitative estimate of drug-likeness (QED) is 0.0617. The van der Waals surface area contributed by atoms with E-state index in [9.17, 15) is 14.4 Å². The predicted molar refractivity (Wildman–Crippen MR) is 173 cm³/mol. The Morgan fingerprint density at radius 1 is 0.581 bits per heavy atom. The van der Waals surface area contributed by atoms with Crippen LogP contribution in [0.3, 0.4) is 0 Å². The summed E-state index contributed by atoms with van der Waals surface area (Å²) >= 11 is 0. The molecule has 0 aliphatic rings. The van der Waals surface area contributed by atoms with Crippen molar-refractivity contribution in [1.29, 1.82) is 0 Å². The maximum atomic E-state index is 12.5. The normalized spacial score (nSPS) is 12.0. The summed E-state index contributed by atoms with van der Waals surface area (Å²) < 4.78 is 16.5. The van der Waals surface area contributed by atoms with Crippen molar-refractivity contribution < 1.29 is 33.7 Å². The van der Waals surface area contributed by atoms with Crippen LogP contribution in [0.25, 0.3) is 0 Å². The SMILES string of the molecule is CCCCCCCCCCCC(=O)OCCN(CCOC(=O)OC(CCCCCC)CCCC(=O)O)CCN(CC)CC. The smallest absolute Gasteiger partial charge is 0.481 e. The summed E-state index contributed by atoms with van der Waals surface area (Å²) in [5, 5.41) is 8.95. The molecule has 0 aromatic rings. The molecule has 0 aromatic carbocycles. The summed E-state index contributed by atoms with van der Waals surface area (Å²) in [6.07, 6.45) is 16.4. The van der Waals surface area contributed by atoms with Crippen molar-refractivity contribution in [3.63, 3.8) is 0 Å². The van der Waals surface area contributed by atoms with Crippen LogP contribution in [0.1, 0.15) is 143 Å². The van der Waals surface area contributed by atoms with Crippen molar-refractivity contribution in [3.05, 3.63) is 0 Å². The topological polar surface area (TPSA) is 106 Å². The molecule has 0 aliphatic carbocycles. The van der Waals surface area contributed by atoms with Crippen LogP contribution in [0.4, 0.5) is 4.79 Å². The van der Waals surface area contributed by atoms with Crippen molar-refractivity contribution in [2.24, 2.45) is 0 Å². The summed E-state index contributed by atoms with van der Waals surface area (Å²) in [4.78, 5) is 40.1. The minimum atomic E-state index is -0.841. The van der Waals surface area contributed by atoms with E-state index in [-0.39, 0.29) is 25.1 Å². The molecule has 0 spiro atoms. The van der Waals surface area contributed by atoms with E-state index < -0.39 is 12.1 Å². The second-order valence-corrected chi connectivity index (χ2v) is 11.6. The number of hydrogen-bond acceptors (Lipinski definition) is 8. The zero-order chi connectivity index (χ0) is 32.0. The van der Waals surface area contributed by atoms with Crippen molar-refractivity contribution >= 4 is 18.1 Å². The highest BCUT2D eigenvalue weighted by atomic mass is 16.7. The lowest BCUT2D eigenvalue weighted by atomic mass is 10.0. The fourth-order valence-electron chi connectivity index (χ4n) is 5.07. The number of carbonyl (C=O) groups excluding carboxylic acids is 2. The molecule has 0 rings (SSSR count). The van der Waals surface area contributed by atoms with E-state index in [0.29, 0.717) is 39.0 Å². The van der Waals surface area contributed by atoms with Crippen LogP contribution in [-0.4, -0.2) is 91.6 Å². The lowest BCUT2D eigenvalue weighted by molar-refractivity contribution is -0.144. The molecule has 0 radical (unpaired) electrons. The molecular weight excluding hydrogens is 548 g/mol. The summed E-state index contributed by atoms with van der Waals surface area (Å²) in [6, 6.07) is 0. The number of ether oxygens (including phenoxy) is 3. The summed E-state index contributed by atoms with van der Waals surface area (Å²) in [5.74, 6) is -0.981. The third kappa shape index (κ3) is 27.4. The van der Waals surface area contributed by atoms with Crippen LogP contribution in [0.2, 0.25) is 0 Å². The average Bonchev–Trinajstić information content (AvgIpc) is 2.98. The van der Waals surface area contributed by atoms with E-state index in [1.54, 1.807) is 0 Å². The van der Waals surface area contributed by atoms with Crippen molar-refractivity contribution in [1.82, 2.24) is 9.80 Å². The maximum absolute atomic E-state index is 12.5. The Morgan fingerprint density at radius 2 is 1.09 bits per heavy atom. The van der Waals surface area contributed by atoms with Gasteiger partial charge >= 0.3 is 18.1 Å². The molecule has 0 bridgehead atoms. The van der Waals surface area contributed by atoms with Gasteiger partial charge in [0.15, 0.2) is 0 Å². The lowest BCUT2D eigenvalue weighted by Gasteiger charge is -2.26. The molecule has 0 heterocycles. The fraction of sp³-hybridized carbons (Fsp3) is 0.912. The van der Waals surface area contributed by atoms with E-state index in [1.165, 1.54) is 44.9 Å². The number of aliphatic carboxylic acids is 1. The van der Waals surface area contributed by atoms with Crippen LogP contribution < -0.4 is 0 Å². The fourth-order valence-corrected chi connectivity index (χ4v) is 5.07. The highest BCUT2D eigenvalue weighted by Gasteiger charge is 2.17. The highest BCUT2D eigenvalue weighted by molar-refractivity contribution is 5.69. The summed E-state index contributed by atoms with van der Waals surface area (Å²) in [5.41, 5.74) is 0. The molecule has 1 unspecified atom stereocenters. The molecule has 0 saturated carbocycles. The summed E-state index contributed by atoms with van der Waals surface area (Å²) in [6.45, 7) is 13.8.